The number of primary amides is 1. The summed E-state index contributed by atoms with van der Waals surface area (Å²) >= 11 is 0. The fourth-order valence-corrected chi connectivity index (χ4v) is 4.19. The van der Waals surface area contributed by atoms with Gasteiger partial charge in [0.1, 0.15) is 24.2 Å². The summed E-state index contributed by atoms with van der Waals surface area (Å²) in [6.45, 7) is 7.38. The first kappa shape index (κ1) is 37.0. The van der Waals surface area contributed by atoms with Crippen LogP contribution in [0, 0.1) is 11.8 Å². The minimum Gasteiger partial charge on any atom is -0.480 e. The van der Waals surface area contributed by atoms with Crippen molar-refractivity contribution < 1.29 is 33.9 Å². The minimum absolute atomic E-state index is 0.0121. The molecule has 1 heterocycles. The normalized spacial score (nSPS) is 14.7. The minimum atomic E-state index is -1.49. The second-order valence-electron chi connectivity index (χ2n) is 11.2. The van der Waals surface area contributed by atoms with E-state index in [1.165, 1.54) is 12.5 Å². The molecular formula is C27H47N9O7. The van der Waals surface area contributed by atoms with E-state index in [4.69, 9.17) is 17.2 Å². The predicted octanol–water partition coefficient (Wildman–Crippen LogP) is -1.99. The Morgan fingerprint density at radius 1 is 0.884 bits per heavy atom. The van der Waals surface area contributed by atoms with Crippen molar-refractivity contribution in [3.63, 3.8) is 0 Å². The lowest BCUT2D eigenvalue weighted by Gasteiger charge is -2.28. The zero-order chi connectivity index (χ0) is 32.7. The van der Waals surface area contributed by atoms with Crippen LogP contribution in [-0.2, 0) is 35.2 Å². The number of nitrogens with two attached hydrogens (primary N) is 3. The summed E-state index contributed by atoms with van der Waals surface area (Å²) in [6.07, 6.45) is 3.87. The van der Waals surface area contributed by atoms with Crippen molar-refractivity contribution in [2.75, 3.05) is 6.54 Å². The molecule has 0 aliphatic carbocycles. The van der Waals surface area contributed by atoms with Gasteiger partial charge in [0.15, 0.2) is 0 Å². The second kappa shape index (κ2) is 18.5. The largest absolute Gasteiger partial charge is 0.480 e. The number of H-pyrrole nitrogens is 1. The van der Waals surface area contributed by atoms with Crippen LogP contribution < -0.4 is 38.5 Å². The average Bonchev–Trinajstić information content (AvgIpc) is 3.42. The summed E-state index contributed by atoms with van der Waals surface area (Å²) in [7, 11) is 0. The van der Waals surface area contributed by atoms with Gasteiger partial charge in [0, 0.05) is 18.3 Å². The number of carbonyl (C=O) groups excluding carboxylic acids is 5. The van der Waals surface area contributed by atoms with Gasteiger partial charge in [0.25, 0.3) is 0 Å². The number of carboxylic acids is 1. The Bertz CT molecular complexity index is 1080. The van der Waals surface area contributed by atoms with Crippen molar-refractivity contribution in [1.29, 1.82) is 0 Å². The Kier molecular flexibility index (Phi) is 15.9. The Morgan fingerprint density at radius 2 is 1.49 bits per heavy atom. The van der Waals surface area contributed by atoms with Crippen LogP contribution in [0.25, 0.3) is 0 Å². The maximum Gasteiger partial charge on any atom is 0.326 e. The SMILES string of the molecule is CC(C)C[C@H](NC(=O)[C@@H](N)Cc1cnc[nH]1)C(=O)N[C@H](C(=O)N[C@@H](CC(N)=O)C(=O)N[C@@H](CCCCN)C(=O)O)C(C)C. The molecule has 1 aromatic heterocycles. The molecule has 12 N–H and O–H groups in total. The average molecular weight is 610 g/mol. The Morgan fingerprint density at radius 3 is 2.00 bits per heavy atom. The summed E-state index contributed by atoms with van der Waals surface area (Å²) in [5.41, 5.74) is 17.4. The molecule has 0 aliphatic rings. The fourth-order valence-electron chi connectivity index (χ4n) is 4.19. The number of hydrogen-bond donors (Lipinski definition) is 9. The van der Waals surface area contributed by atoms with Crippen LogP contribution >= 0.6 is 0 Å². The van der Waals surface area contributed by atoms with E-state index < -0.39 is 78.1 Å². The molecule has 0 aliphatic heterocycles. The number of nitrogens with one attached hydrogen (secondary N) is 5. The van der Waals surface area contributed by atoms with E-state index >= 15 is 0 Å². The lowest BCUT2D eigenvalue weighted by molar-refractivity contribution is -0.142. The Hall–Kier alpha value is -4.05. The molecule has 0 unspecified atom stereocenters. The van der Waals surface area contributed by atoms with Crippen LogP contribution in [0.1, 0.15) is 65.5 Å². The number of imidazole rings is 1. The van der Waals surface area contributed by atoms with E-state index in [-0.39, 0.29) is 25.2 Å². The molecule has 16 nitrogen and oxygen atoms in total. The molecular weight excluding hydrogens is 562 g/mol. The standard InChI is InChI=1S/C27H47N9O7/c1-14(2)9-19(34-23(38)17(29)10-16-12-31-13-32-16)25(40)36-22(15(3)4)26(41)35-20(11-21(30)37)24(39)33-18(27(42)43)7-5-6-8-28/h12-15,17-20,22H,5-11,28-29H2,1-4H3,(H2,30,37)(H,31,32)(H,33,39)(H,34,38)(H,35,41)(H,36,40)(H,42,43)/t17-,18-,19-,20-,22-/m0/s1. The summed E-state index contributed by atoms with van der Waals surface area (Å²) in [5, 5.41) is 19.5. The van der Waals surface area contributed by atoms with Gasteiger partial charge in [-0.15, -0.1) is 0 Å². The Labute approximate surface area is 251 Å². The summed E-state index contributed by atoms with van der Waals surface area (Å²) in [6, 6.07) is -5.94. The number of aromatic nitrogens is 2. The van der Waals surface area contributed by atoms with Crippen LogP contribution in [-0.4, -0.2) is 87.3 Å². The Balaban J connectivity index is 3.02. The molecule has 0 aromatic carbocycles. The lowest BCUT2D eigenvalue weighted by Crippen LogP contribution is -2.60. The highest BCUT2D eigenvalue weighted by atomic mass is 16.4. The van der Waals surface area contributed by atoms with E-state index in [2.05, 4.69) is 31.2 Å². The molecule has 0 spiro atoms. The van der Waals surface area contributed by atoms with Crippen molar-refractivity contribution in [2.45, 2.75) is 96.4 Å². The monoisotopic (exact) mass is 609 g/mol. The van der Waals surface area contributed by atoms with Gasteiger partial charge in [-0.2, -0.15) is 0 Å². The molecule has 0 saturated carbocycles. The van der Waals surface area contributed by atoms with Gasteiger partial charge in [-0.3, -0.25) is 24.0 Å². The molecule has 1 rings (SSSR count). The third kappa shape index (κ3) is 13.6. The highest BCUT2D eigenvalue weighted by molar-refractivity contribution is 5.97. The van der Waals surface area contributed by atoms with Gasteiger partial charge in [0.2, 0.25) is 29.5 Å². The molecule has 43 heavy (non-hydrogen) atoms. The number of hydrogen-bond acceptors (Lipinski definition) is 9. The lowest BCUT2D eigenvalue weighted by atomic mass is 9.99. The maximum absolute atomic E-state index is 13.3. The topological polar surface area (TPSA) is 278 Å². The number of rotatable bonds is 20. The highest BCUT2D eigenvalue weighted by Crippen LogP contribution is 2.10. The number of aliphatic carboxylic acids is 1. The second-order valence-corrected chi connectivity index (χ2v) is 11.2. The first-order valence-electron chi connectivity index (χ1n) is 14.3. The van der Waals surface area contributed by atoms with Gasteiger partial charge in [-0.05, 0) is 44.1 Å². The number of amides is 5. The van der Waals surface area contributed by atoms with Crippen LogP contribution in [0.5, 0.6) is 0 Å². The summed E-state index contributed by atoms with van der Waals surface area (Å²) in [5.74, 6) is -5.63. The summed E-state index contributed by atoms with van der Waals surface area (Å²) < 4.78 is 0. The smallest absolute Gasteiger partial charge is 0.326 e. The van der Waals surface area contributed by atoms with Crippen LogP contribution in [0.15, 0.2) is 12.5 Å². The van der Waals surface area contributed by atoms with Crippen LogP contribution in [0.4, 0.5) is 0 Å². The number of carboxylic acid groups (broad SMARTS) is 1. The quantitative estimate of drug-likeness (QED) is 0.0734. The molecule has 0 bridgehead atoms. The first-order chi connectivity index (χ1) is 20.2. The van der Waals surface area contributed by atoms with Crippen molar-refractivity contribution in [3.05, 3.63) is 18.2 Å². The van der Waals surface area contributed by atoms with Crippen LogP contribution in [0.2, 0.25) is 0 Å². The van der Waals surface area contributed by atoms with E-state index in [0.717, 1.165) is 0 Å². The number of unbranched alkanes of at least 4 members (excludes halogenated alkanes) is 1. The third-order valence-corrected chi connectivity index (χ3v) is 6.52. The van der Waals surface area contributed by atoms with Gasteiger partial charge in [-0.1, -0.05) is 27.7 Å². The zero-order valence-corrected chi connectivity index (χ0v) is 25.2. The fraction of sp³-hybridized carbons (Fsp3) is 0.667. The number of nitrogens with zero attached hydrogens (tertiary/aromatic N) is 1. The van der Waals surface area contributed by atoms with Gasteiger partial charge in [0.05, 0.1) is 18.8 Å². The van der Waals surface area contributed by atoms with Crippen molar-refractivity contribution in [1.82, 2.24) is 31.2 Å². The van der Waals surface area contributed by atoms with E-state index in [9.17, 15) is 33.9 Å². The van der Waals surface area contributed by atoms with E-state index in [0.29, 0.717) is 25.1 Å². The van der Waals surface area contributed by atoms with Crippen molar-refractivity contribution in [3.8, 4) is 0 Å². The van der Waals surface area contributed by atoms with Crippen molar-refractivity contribution in [2.24, 2.45) is 29.0 Å². The molecule has 0 radical (unpaired) electrons. The molecule has 5 amide bonds. The van der Waals surface area contributed by atoms with Gasteiger partial charge < -0.3 is 48.6 Å². The van der Waals surface area contributed by atoms with E-state index in [1.807, 2.05) is 13.8 Å². The molecule has 0 saturated heterocycles. The van der Waals surface area contributed by atoms with Crippen LogP contribution in [0.3, 0.4) is 0 Å². The van der Waals surface area contributed by atoms with Gasteiger partial charge >= 0.3 is 5.97 Å². The maximum atomic E-state index is 13.3. The third-order valence-electron chi connectivity index (χ3n) is 6.52. The zero-order valence-electron chi connectivity index (χ0n) is 25.2. The first-order valence-corrected chi connectivity index (χ1v) is 14.3. The van der Waals surface area contributed by atoms with Crippen molar-refractivity contribution >= 4 is 35.5 Å². The molecule has 1 aromatic rings. The molecule has 16 heteroatoms. The number of carbonyl (C=O) groups is 6. The molecule has 0 fully saturated rings. The molecule has 242 valence electrons. The molecule has 5 atom stereocenters. The van der Waals surface area contributed by atoms with E-state index in [1.54, 1.807) is 13.8 Å². The summed E-state index contributed by atoms with van der Waals surface area (Å²) in [4.78, 5) is 82.4. The predicted molar refractivity (Wildman–Crippen MR) is 157 cm³/mol. The highest BCUT2D eigenvalue weighted by Gasteiger charge is 2.34. The van der Waals surface area contributed by atoms with Gasteiger partial charge in [-0.25, -0.2) is 9.78 Å². The number of aromatic amines is 1.